The number of imide groups is 1. The largest absolute Gasteiger partial charge is 0.462 e. The minimum Gasteiger partial charge on any atom is -0.462 e. The molecule has 4 atom stereocenters. The number of carbonyl (C=O) groups is 3. The van der Waals surface area contributed by atoms with Crippen LogP contribution in [0.1, 0.15) is 6.92 Å². The Bertz CT molecular complexity index is 774. The van der Waals surface area contributed by atoms with E-state index in [0.717, 1.165) is 3.57 Å². The molecule has 0 aliphatic carbocycles. The minimum absolute atomic E-state index is 0.0595. The Kier molecular flexibility index (Phi) is 3.54. The molecule has 3 aliphatic rings. The van der Waals surface area contributed by atoms with E-state index in [4.69, 9.17) is 9.47 Å². The van der Waals surface area contributed by atoms with Crippen LogP contribution in [0.4, 0.5) is 5.69 Å². The molecule has 1 aromatic carbocycles. The Hall–Kier alpha value is -1.74. The Labute approximate surface area is 151 Å². The van der Waals surface area contributed by atoms with Gasteiger partial charge in [0, 0.05) is 10.5 Å². The van der Waals surface area contributed by atoms with Gasteiger partial charge in [-0.1, -0.05) is 6.08 Å². The summed E-state index contributed by atoms with van der Waals surface area (Å²) in [5.41, 5.74) is -0.479. The average Bonchev–Trinajstić information content (AvgIpc) is 3.18. The number of rotatable bonds is 3. The highest BCUT2D eigenvalue weighted by Gasteiger charge is 2.68. The molecule has 2 fully saturated rings. The Morgan fingerprint density at radius 2 is 2.00 bits per heavy atom. The fraction of sp³-hybridized carbons (Fsp3) is 0.353. The molecule has 3 aliphatic heterocycles. The number of amides is 2. The van der Waals surface area contributed by atoms with Gasteiger partial charge in [0.15, 0.2) is 0 Å². The Balaban J connectivity index is 1.69. The number of hydrogen-bond donors (Lipinski definition) is 0. The van der Waals surface area contributed by atoms with Crippen LogP contribution in [-0.2, 0) is 23.9 Å². The van der Waals surface area contributed by atoms with E-state index < -0.39 is 29.5 Å². The maximum atomic E-state index is 13.0. The monoisotopic (exact) mass is 439 g/mol. The van der Waals surface area contributed by atoms with Gasteiger partial charge in [0.05, 0.1) is 23.6 Å². The number of carbonyl (C=O) groups excluding carboxylic acids is 3. The van der Waals surface area contributed by atoms with Crippen molar-refractivity contribution in [1.82, 2.24) is 0 Å². The molecule has 24 heavy (non-hydrogen) atoms. The predicted octanol–water partition coefficient (Wildman–Crippen LogP) is 1.67. The van der Waals surface area contributed by atoms with Gasteiger partial charge in [0.25, 0.3) is 0 Å². The first-order chi connectivity index (χ1) is 11.4. The zero-order valence-corrected chi connectivity index (χ0v) is 14.9. The number of fused-ring (bicyclic) bond motifs is 5. The quantitative estimate of drug-likeness (QED) is 0.310. The van der Waals surface area contributed by atoms with Crippen molar-refractivity contribution >= 4 is 46.1 Å². The Morgan fingerprint density at radius 1 is 1.29 bits per heavy atom. The van der Waals surface area contributed by atoms with Crippen molar-refractivity contribution in [2.75, 3.05) is 11.5 Å². The van der Waals surface area contributed by atoms with Gasteiger partial charge in [-0.15, -0.1) is 0 Å². The summed E-state index contributed by atoms with van der Waals surface area (Å²) >= 11 is 2.17. The SMILES string of the molecule is CC(=O)OC[C@@]12C=C[C@@H](O1)[C@H]1C(=O)N(c3ccc(I)cc3)C(=O)[C@@H]12. The first-order valence-electron chi connectivity index (χ1n) is 7.57. The molecule has 7 heteroatoms. The van der Waals surface area contributed by atoms with Crippen LogP contribution in [0.3, 0.4) is 0 Å². The number of halogens is 1. The molecular weight excluding hydrogens is 425 g/mol. The second kappa shape index (κ2) is 5.38. The number of benzene rings is 1. The molecule has 0 spiro atoms. The summed E-state index contributed by atoms with van der Waals surface area (Å²) in [5, 5.41) is 0. The average molecular weight is 439 g/mol. The van der Waals surface area contributed by atoms with E-state index in [1.165, 1.54) is 11.8 Å². The molecule has 2 amide bonds. The lowest BCUT2D eigenvalue weighted by atomic mass is 9.77. The summed E-state index contributed by atoms with van der Waals surface area (Å²) in [6.07, 6.45) is 3.09. The van der Waals surface area contributed by atoms with Gasteiger partial charge in [-0.3, -0.25) is 14.4 Å². The fourth-order valence-electron chi connectivity index (χ4n) is 3.73. The highest BCUT2D eigenvalue weighted by Crippen LogP contribution is 2.52. The normalized spacial score (nSPS) is 33.2. The van der Waals surface area contributed by atoms with E-state index in [2.05, 4.69) is 22.6 Å². The number of anilines is 1. The molecular formula is C17H14INO5. The van der Waals surface area contributed by atoms with Gasteiger partial charge in [0.2, 0.25) is 11.8 Å². The van der Waals surface area contributed by atoms with Crippen molar-refractivity contribution in [2.24, 2.45) is 11.8 Å². The lowest BCUT2D eigenvalue weighted by Crippen LogP contribution is -2.44. The molecule has 3 heterocycles. The van der Waals surface area contributed by atoms with E-state index in [0.29, 0.717) is 5.69 Å². The third-order valence-corrected chi connectivity index (χ3v) is 5.46. The van der Waals surface area contributed by atoms with Crippen LogP contribution in [0.15, 0.2) is 36.4 Å². The molecule has 2 bridgehead atoms. The van der Waals surface area contributed by atoms with Crippen LogP contribution < -0.4 is 4.90 Å². The predicted molar refractivity (Wildman–Crippen MR) is 92.0 cm³/mol. The van der Waals surface area contributed by atoms with E-state index >= 15 is 0 Å². The van der Waals surface area contributed by atoms with Gasteiger partial charge in [0.1, 0.15) is 12.2 Å². The molecule has 0 radical (unpaired) electrons. The van der Waals surface area contributed by atoms with Gasteiger partial charge in [-0.05, 0) is 52.9 Å². The molecule has 0 saturated carbocycles. The maximum absolute atomic E-state index is 13.0. The third-order valence-electron chi connectivity index (χ3n) is 4.74. The molecule has 0 aromatic heterocycles. The lowest BCUT2D eigenvalue weighted by Gasteiger charge is -2.28. The van der Waals surface area contributed by atoms with Crippen LogP contribution in [0.2, 0.25) is 0 Å². The van der Waals surface area contributed by atoms with Gasteiger partial charge in [-0.2, -0.15) is 0 Å². The van der Waals surface area contributed by atoms with Crippen LogP contribution in [-0.4, -0.2) is 36.1 Å². The minimum atomic E-state index is -1.04. The number of ether oxygens (including phenoxy) is 2. The molecule has 0 unspecified atom stereocenters. The van der Waals surface area contributed by atoms with E-state index in [1.54, 1.807) is 24.3 Å². The number of nitrogens with zero attached hydrogens (tertiary/aromatic N) is 1. The second-order valence-corrected chi connectivity index (χ2v) is 7.41. The molecule has 6 nitrogen and oxygen atoms in total. The molecule has 4 rings (SSSR count). The second-order valence-electron chi connectivity index (χ2n) is 6.17. The van der Waals surface area contributed by atoms with Crippen LogP contribution in [0.5, 0.6) is 0 Å². The van der Waals surface area contributed by atoms with Gasteiger partial charge < -0.3 is 9.47 Å². The number of hydrogen-bond acceptors (Lipinski definition) is 5. The zero-order valence-electron chi connectivity index (χ0n) is 12.8. The van der Waals surface area contributed by atoms with Gasteiger partial charge in [-0.25, -0.2) is 4.90 Å². The first kappa shape index (κ1) is 15.8. The van der Waals surface area contributed by atoms with Crippen molar-refractivity contribution in [3.05, 3.63) is 40.0 Å². The van der Waals surface area contributed by atoms with Crippen LogP contribution in [0, 0.1) is 15.4 Å². The molecule has 124 valence electrons. The maximum Gasteiger partial charge on any atom is 0.302 e. The summed E-state index contributed by atoms with van der Waals surface area (Å²) in [7, 11) is 0. The summed E-state index contributed by atoms with van der Waals surface area (Å²) in [5.74, 6) is -2.22. The van der Waals surface area contributed by atoms with E-state index in [9.17, 15) is 14.4 Å². The standard InChI is InChI=1S/C17H14INO5/c1-9(20)23-8-17-7-6-12(24-17)13-14(17)16(22)19(15(13)21)11-4-2-10(18)3-5-11/h2-7,12-14H,8H2,1H3/t12-,13-,14-,17-/m1/s1. The summed E-state index contributed by atoms with van der Waals surface area (Å²) in [6, 6.07) is 7.21. The van der Waals surface area contributed by atoms with Crippen LogP contribution >= 0.6 is 22.6 Å². The fourth-order valence-corrected chi connectivity index (χ4v) is 4.09. The number of esters is 1. The Morgan fingerprint density at radius 3 is 2.67 bits per heavy atom. The zero-order chi connectivity index (χ0) is 17.1. The smallest absolute Gasteiger partial charge is 0.302 e. The highest BCUT2D eigenvalue weighted by molar-refractivity contribution is 14.1. The van der Waals surface area contributed by atoms with Crippen molar-refractivity contribution in [1.29, 1.82) is 0 Å². The van der Waals surface area contributed by atoms with Crippen molar-refractivity contribution in [3.8, 4) is 0 Å². The highest BCUT2D eigenvalue weighted by atomic mass is 127. The van der Waals surface area contributed by atoms with Crippen molar-refractivity contribution < 1.29 is 23.9 Å². The van der Waals surface area contributed by atoms with Gasteiger partial charge >= 0.3 is 5.97 Å². The van der Waals surface area contributed by atoms with E-state index in [-0.39, 0.29) is 18.4 Å². The summed E-state index contributed by atoms with van der Waals surface area (Å²) < 4.78 is 12.0. The first-order valence-corrected chi connectivity index (χ1v) is 8.65. The van der Waals surface area contributed by atoms with Crippen molar-refractivity contribution in [3.63, 3.8) is 0 Å². The molecule has 2 saturated heterocycles. The third kappa shape index (κ3) is 2.14. The topological polar surface area (TPSA) is 72.9 Å². The summed E-state index contributed by atoms with van der Waals surface area (Å²) in [4.78, 5) is 38.2. The lowest BCUT2D eigenvalue weighted by molar-refractivity contribution is -0.150. The van der Waals surface area contributed by atoms with Crippen molar-refractivity contribution in [2.45, 2.75) is 18.6 Å². The molecule has 1 aromatic rings. The van der Waals surface area contributed by atoms with E-state index in [1.807, 2.05) is 12.1 Å². The summed E-state index contributed by atoms with van der Waals surface area (Å²) in [6.45, 7) is 1.24. The van der Waals surface area contributed by atoms with Crippen LogP contribution in [0.25, 0.3) is 0 Å². The molecule has 0 N–H and O–H groups in total.